The second kappa shape index (κ2) is 14.3. The van der Waals surface area contributed by atoms with Crippen LogP contribution in [0.25, 0.3) is 100 Å². The van der Waals surface area contributed by atoms with E-state index in [4.69, 9.17) is 19.9 Å². The molecule has 0 spiro atoms. The minimum atomic E-state index is 0.828. The molecule has 4 heteroatoms. The number of aromatic nitrogens is 4. The summed E-state index contributed by atoms with van der Waals surface area (Å²) in [6, 6.07) is 71.4. The first kappa shape index (κ1) is 33.0. The lowest BCUT2D eigenvalue weighted by Crippen LogP contribution is -1.97. The molecule has 0 aliphatic carbocycles. The fourth-order valence-electron chi connectivity index (χ4n) is 7.37. The van der Waals surface area contributed by atoms with Gasteiger partial charge >= 0.3 is 0 Å². The fourth-order valence-corrected chi connectivity index (χ4v) is 7.37. The summed E-state index contributed by atoms with van der Waals surface area (Å²) in [6.07, 6.45) is 0. The first-order valence-corrected chi connectivity index (χ1v) is 18.8. The van der Waals surface area contributed by atoms with E-state index in [0.717, 1.165) is 89.4 Å². The Bertz CT molecular complexity index is 2760. The Morgan fingerprint density at radius 2 is 0.411 bits per heavy atom. The number of hydrogen-bond donors (Lipinski definition) is 0. The van der Waals surface area contributed by atoms with E-state index in [1.165, 1.54) is 11.1 Å². The highest BCUT2D eigenvalue weighted by Crippen LogP contribution is 2.36. The highest BCUT2D eigenvalue weighted by molar-refractivity contribution is 5.92. The average molecular weight is 715 g/mol. The first-order valence-electron chi connectivity index (χ1n) is 18.8. The van der Waals surface area contributed by atoms with Crippen molar-refractivity contribution >= 4 is 22.1 Å². The minimum Gasteiger partial charge on any atom is -0.244 e. The fraction of sp³-hybridized carbons (Fsp3) is 0. The molecule has 0 N–H and O–H groups in total. The van der Waals surface area contributed by atoms with Gasteiger partial charge in [-0.3, -0.25) is 0 Å². The molecule has 0 aliphatic rings. The van der Waals surface area contributed by atoms with Crippen molar-refractivity contribution < 1.29 is 0 Å². The molecule has 2 heterocycles. The van der Waals surface area contributed by atoms with Crippen LogP contribution in [0.2, 0.25) is 0 Å². The van der Waals surface area contributed by atoms with Crippen LogP contribution in [0.3, 0.4) is 0 Å². The predicted molar refractivity (Wildman–Crippen MR) is 231 cm³/mol. The summed E-state index contributed by atoms with van der Waals surface area (Å²) in [6.45, 7) is 0. The third-order valence-electron chi connectivity index (χ3n) is 10.3. The molecule has 4 nitrogen and oxygen atoms in total. The highest BCUT2D eigenvalue weighted by Gasteiger charge is 2.17. The molecule has 0 radical (unpaired) electrons. The van der Waals surface area contributed by atoms with Crippen LogP contribution in [0.5, 0.6) is 0 Å². The largest absolute Gasteiger partial charge is 0.244 e. The smallest absolute Gasteiger partial charge is 0.0973 e. The topological polar surface area (TPSA) is 51.6 Å². The van der Waals surface area contributed by atoms with Gasteiger partial charge in [0, 0.05) is 22.3 Å². The molecule has 0 unspecified atom stereocenters. The molecular formula is C52H34N4. The van der Waals surface area contributed by atoms with E-state index in [9.17, 15) is 0 Å². The monoisotopic (exact) mass is 714 g/mol. The van der Waals surface area contributed by atoms with Crippen LogP contribution in [-0.2, 0) is 0 Å². The summed E-state index contributed by atoms with van der Waals surface area (Å²) in [5.74, 6) is 0. The van der Waals surface area contributed by atoms with Crippen molar-refractivity contribution in [3.63, 3.8) is 0 Å². The van der Waals surface area contributed by atoms with Gasteiger partial charge in [-0.25, -0.2) is 19.9 Å². The lowest BCUT2D eigenvalue weighted by Gasteiger charge is -2.13. The van der Waals surface area contributed by atoms with E-state index in [0.29, 0.717) is 0 Å². The molecule has 8 aromatic carbocycles. The lowest BCUT2D eigenvalue weighted by molar-refractivity contribution is 1.29. The molecule has 10 aromatic rings. The number of nitrogens with zero attached hydrogens (tertiary/aromatic N) is 4. The molecule has 0 aliphatic heterocycles. The Morgan fingerprint density at radius 3 is 0.750 bits per heavy atom. The maximum Gasteiger partial charge on any atom is 0.0973 e. The van der Waals surface area contributed by atoms with Crippen molar-refractivity contribution in [2.45, 2.75) is 0 Å². The standard InChI is InChI=1S/C52H34N4/c1-5-13-35(14-6-1)37-21-25-41(26-22-37)51-49(39-17-9-3-10-18-39)53-45-31-29-43(33-47(45)55-51)44-30-32-46-48(34-44)56-52(50(54-46)40-19-11-4-12-20-40)42-27-23-38(24-28-42)36-15-7-2-8-16-36/h1-34H. The Kier molecular flexibility index (Phi) is 8.47. The average Bonchev–Trinajstić information content (AvgIpc) is 3.29. The van der Waals surface area contributed by atoms with Crippen molar-refractivity contribution in [1.82, 2.24) is 19.9 Å². The third kappa shape index (κ3) is 6.40. The lowest BCUT2D eigenvalue weighted by atomic mass is 9.99. The van der Waals surface area contributed by atoms with Crippen molar-refractivity contribution in [1.29, 1.82) is 0 Å². The van der Waals surface area contributed by atoms with Crippen LogP contribution >= 0.6 is 0 Å². The van der Waals surface area contributed by atoms with Crippen LogP contribution in [0.4, 0.5) is 0 Å². The van der Waals surface area contributed by atoms with Crippen LogP contribution < -0.4 is 0 Å². The van der Waals surface area contributed by atoms with Gasteiger partial charge in [0.2, 0.25) is 0 Å². The van der Waals surface area contributed by atoms with Crippen LogP contribution in [0.1, 0.15) is 0 Å². The molecular weight excluding hydrogens is 681 g/mol. The number of benzene rings is 8. The second-order valence-electron chi connectivity index (χ2n) is 13.9. The van der Waals surface area contributed by atoms with Crippen molar-refractivity contribution in [2.24, 2.45) is 0 Å². The van der Waals surface area contributed by atoms with Gasteiger partial charge < -0.3 is 0 Å². The van der Waals surface area contributed by atoms with Crippen LogP contribution in [-0.4, -0.2) is 19.9 Å². The Morgan fingerprint density at radius 1 is 0.179 bits per heavy atom. The molecule has 262 valence electrons. The van der Waals surface area contributed by atoms with Crippen molar-refractivity contribution in [2.75, 3.05) is 0 Å². The van der Waals surface area contributed by atoms with E-state index in [1.807, 2.05) is 48.5 Å². The Hall–Kier alpha value is -7.56. The summed E-state index contributed by atoms with van der Waals surface area (Å²) < 4.78 is 0. The van der Waals surface area contributed by atoms with E-state index in [-0.39, 0.29) is 0 Å². The Labute approximate surface area is 325 Å². The zero-order valence-electron chi connectivity index (χ0n) is 30.4. The van der Waals surface area contributed by atoms with Gasteiger partial charge in [0.15, 0.2) is 0 Å². The summed E-state index contributed by atoms with van der Waals surface area (Å²) in [5.41, 5.74) is 17.6. The molecule has 10 rings (SSSR count). The maximum atomic E-state index is 5.31. The molecule has 0 saturated carbocycles. The van der Waals surface area contributed by atoms with Gasteiger partial charge in [-0.1, -0.05) is 182 Å². The summed E-state index contributed by atoms with van der Waals surface area (Å²) in [5, 5.41) is 0. The van der Waals surface area contributed by atoms with Gasteiger partial charge in [0.1, 0.15) is 0 Å². The third-order valence-corrected chi connectivity index (χ3v) is 10.3. The molecule has 0 atom stereocenters. The van der Waals surface area contributed by atoms with E-state index >= 15 is 0 Å². The molecule has 0 saturated heterocycles. The van der Waals surface area contributed by atoms with Gasteiger partial charge in [0.05, 0.1) is 44.8 Å². The molecule has 2 aromatic heterocycles. The number of hydrogen-bond acceptors (Lipinski definition) is 4. The van der Waals surface area contributed by atoms with Crippen LogP contribution in [0.15, 0.2) is 206 Å². The summed E-state index contributed by atoms with van der Waals surface area (Å²) in [4.78, 5) is 21.0. The van der Waals surface area contributed by atoms with Crippen LogP contribution in [0, 0.1) is 0 Å². The SMILES string of the molecule is c1ccc(-c2ccc(-c3nc4cc(-c5ccc6nc(-c7ccccc7)c(-c7ccc(-c8ccccc8)cc7)nc6c5)ccc4nc3-c3ccccc3)cc2)cc1. The van der Waals surface area contributed by atoms with Gasteiger partial charge in [-0.15, -0.1) is 0 Å². The molecule has 0 bridgehead atoms. The molecule has 0 amide bonds. The van der Waals surface area contributed by atoms with E-state index < -0.39 is 0 Å². The predicted octanol–water partition coefficient (Wildman–Crippen LogP) is 13.2. The first-order chi connectivity index (χ1) is 27.7. The second-order valence-corrected chi connectivity index (χ2v) is 13.9. The van der Waals surface area contributed by atoms with Crippen molar-refractivity contribution in [3.8, 4) is 78.4 Å². The molecule has 0 fully saturated rings. The van der Waals surface area contributed by atoms with Crippen molar-refractivity contribution in [3.05, 3.63) is 206 Å². The maximum absolute atomic E-state index is 5.31. The van der Waals surface area contributed by atoms with E-state index in [2.05, 4.69) is 158 Å². The van der Waals surface area contributed by atoms with Gasteiger partial charge in [-0.2, -0.15) is 0 Å². The minimum absolute atomic E-state index is 0.828. The van der Waals surface area contributed by atoms with E-state index in [1.54, 1.807) is 0 Å². The quantitative estimate of drug-likeness (QED) is 0.165. The number of fused-ring (bicyclic) bond motifs is 2. The summed E-state index contributed by atoms with van der Waals surface area (Å²) in [7, 11) is 0. The molecule has 56 heavy (non-hydrogen) atoms. The normalized spacial score (nSPS) is 11.2. The zero-order valence-corrected chi connectivity index (χ0v) is 30.4. The highest BCUT2D eigenvalue weighted by atomic mass is 14.8. The zero-order chi connectivity index (χ0) is 37.3. The Balaban J connectivity index is 1.07. The summed E-state index contributed by atoms with van der Waals surface area (Å²) >= 11 is 0. The van der Waals surface area contributed by atoms with Gasteiger partial charge in [0.25, 0.3) is 0 Å². The van der Waals surface area contributed by atoms with Gasteiger partial charge in [-0.05, 0) is 57.6 Å². The number of rotatable bonds is 7.